The fraction of sp³-hybridized carbons (Fsp3) is 0.400. The summed E-state index contributed by atoms with van der Waals surface area (Å²) in [5, 5.41) is 1.66. The Morgan fingerprint density at radius 1 is 1.38 bits per heavy atom. The van der Waals surface area contributed by atoms with Gasteiger partial charge in [0.25, 0.3) is 0 Å². The van der Waals surface area contributed by atoms with Gasteiger partial charge in [0.15, 0.2) is 0 Å². The fourth-order valence-corrected chi connectivity index (χ4v) is 2.62. The van der Waals surface area contributed by atoms with Crippen molar-refractivity contribution in [2.45, 2.75) is 19.8 Å². The summed E-state index contributed by atoms with van der Waals surface area (Å²) < 4.78 is 1.25. The van der Waals surface area contributed by atoms with Crippen molar-refractivity contribution in [1.82, 2.24) is 0 Å². The van der Waals surface area contributed by atoms with Crippen LogP contribution >= 0.6 is 22.6 Å². The van der Waals surface area contributed by atoms with E-state index < -0.39 is 0 Å². The zero-order chi connectivity index (χ0) is 10.0. The summed E-state index contributed by atoms with van der Waals surface area (Å²) in [5.74, 6) is 6.26. The van der Waals surface area contributed by atoms with E-state index in [1.54, 1.807) is 5.01 Å². The average Bonchev–Trinajstić information content (AvgIpc) is 2.03. The molecule has 13 heavy (non-hydrogen) atoms. The molecule has 0 fully saturated rings. The Bertz CT molecular complexity index is 269. The van der Waals surface area contributed by atoms with Crippen LogP contribution < -0.4 is 10.9 Å². The molecule has 0 unspecified atom stereocenters. The molecule has 1 rings (SSSR count). The number of hydrogen-bond donors (Lipinski definition) is 1. The Morgan fingerprint density at radius 2 is 2.00 bits per heavy atom. The number of nitrogens with two attached hydrogens (primary N) is 1. The second-order valence-electron chi connectivity index (χ2n) is 3.45. The molecule has 0 saturated carbocycles. The first kappa shape index (κ1) is 10.8. The molecule has 0 heterocycles. The maximum absolute atomic E-state index is 5.71. The molecule has 2 nitrogen and oxygen atoms in total. The minimum absolute atomic E-state index is 0.548. The van der Waals surface area contributed by atoms with Gasteiger partial charge >= 0.3 is 0 Å². The Kier molecular flexibility index (Phi) is 3.55. The first-order valence-electron chi connectivity index (χ1n) is 4.31. The monoisotopic (exact) mass is 290 g/mol. The van der Waals surface area contributed by atoms with Crippen molar-refractivity contribution >= 4 is 28.3 Å². The molecule has 0 spiro atoms. The number of halogens is 1. The van der Waals surface area contributed by atoms with Crippen molar-refractivity contribution in [3.8, 4) is 0 Å². The van der Waals surface area contributed by atoms with Gasteiger partial charge < -0.3 is 5.01 Å². The summed E-state index contributed by atoms with van der Waals surface area (Å²) in [5.41, 5.74) is 2.45. The van der Waals surface area contributed by atoms with E-state index in [0.29, 0.717) is 5.92 Å². The molecule has 0 aromatic heterocycles. The number of nitrogens with zero attached hydrogens (tertiary/aromatic N) is 1. The maximum Gasteiger partial charge on any atom is 0.0650 e. The van der Waals surface area contributed by atoms with E-state index in [0.717, 1.165) is 5.69 Å². The lowest BCUT2D eigenvalue weighted by Gasteiger charge is -2.17. The van der Waals surface area contributed by atoms with Gasteiger partial charge in [0, 0.05) is 10.6 Å². The molecular formula is C10H15IN2. The summed E-state index contributed by atoms with van der Waals surface area (Å²) >= 11 is 2.35. The molecule has 2 N–H and O–H groups in total. The Hall–Kier alpha value is -0.290. The highest BCUT2D eigenvalue weighted by Crippen LogP contribution is 2.28. The molecule has 0 atom stereocenters. The predicted molar refractivity (Wildman–Crippen MR) is 65.8 cm³/mol. The molecule has 3 heteroatoms. The van der Waals surface area contributed by atoms with Gasteiger partial charge in [-0.2, -0.15) is 0 Å². The van der Waals surface area contributed by atoms with E-state index >= 15 is 0 Å². The van der Waals surface area contributed by atoms with Crippen LogP contribution in [0, 0.1) is 3.57 Å². The molecule has 1 aromatic carbocycles. The van der Waals surface area contributed by atoms with Gasteiger partial charge in [-0.1, -0.05) is 26.0 Å². The third kappa shape index (κ3) is 2.34. The van der Waals surface area contributed by atoms with Gasteiger partial charge in [-0.15, -0.1) is 0 Å². The Balaban J connectivity index is 3.18. The number of benzene rings is 1. The van der Waals surface area contributed by atoms with Crippen molar-refractivity contribution in [2.24, 2.45) is 5.84 Å². The van der Waals surface area contributed by atoms with Gasteiger partial charge in [0.2, 0.25) is 0 Å². The highest BCUT2D eigenvalue weighted by Gasteiger charge is 2.09. The van der Waals surface area contributed by atoms with Crippen LogP contribution in [0.4, 0.5) is 5.69 Å². The van der Waals surface area contributed by atoms with Crippen LogP contribution in [0.25, 0.3) is 0 Å². The van der Waals surface area contributed by atoms with E-state index in [-0.39, 0.29) is 0 Å². The van der Waals surface area contributed by atoms with Gasteiger partial charge in [0.05, 0.1) is 5.69 Å². The topological polar surface area (TPSA) is 29.3 Å². The zero-order valence-electron chi connectivity index (χ0n) is 8.21. The predicted octanol–water partition coefficient (Wildman–Crippen LogP) is 2.72. The summed E-state index contributed by atoms with van der Waals surface area (Å²) in [6.45, 7) is 4.38. The van der Waals surface area contributed by atoms with Crippen LogP contribution in [-0.2, 0) is 0 Å². The van der Waals surface area contributed by atoms with Crippen molar-refractivity contribution in [3.63, 3.8) is 0 Å². The largest absolute Gasteiger partial charge is 0.313 e. The third-order valence-electron chi connectivity index (χ3n) is 2.01. The molecule has 1 aromatic rings. The number of anilines is 1. The molecule has 0 saturated heterocycles. The number of hydrogen-bond acceptors (Lipinski definition) is 2. The van der Waals surface area contributed by atoms with Crippen LogP contribution in [0.15, 0.2) is 18.2 Å². The standard InChI is InChI=1S/C10H15IN2/c1-7(2)8-5-4-6-9(10(8)11)13(3)12/h4-7H,12H2,1-3H3. The van der Waals surface area contributed by atoms with E-state index in [1.807, 2.05) is 13.1 Å². The summed E-state index contributed by atoms with van der Waals surface area (Å²) in [7, 11) is 1.86. The van der Waals surface area contributed by atoms with Gasteiger partial charge in [-0.05, 0) is 40.1 Å². The van der Waals surface area contributed by atoms with Crippen LogP contribution in [0.5, 0.6) is 0 Å². The second kappa shape index (κ2) is 4.28. The van der Waals surface area contributed by atoms with E-state index in [4.69, 9.17) is 5.84 Å². The number of hydrazine groups is 1. The van der Waals surface area contributed by atoms with Crippen LogP contribution in [0.3, 0.4) is 0 Å². The lowest BCUT2D eigenvalue weighted by Crippen LogP contribution is -2.26. The summed E-state index contributed by atoms with van der Waals surface area (Å²) in [6, 6.07) is 6.24. The molecule has 0 amide bonds. The minimum Gasteiger partial charge on any atom is -0.313 e. The van der Waals surface area contributed by atoms with E-state index in [1.165, 1.54) is 9.13 Å². The summed E-state index contributed by atoms with van der Waals surface area (Å²) in [4.78, 5) is 0. The van der Waals surface area contributed by atoms with E-state index in [2.05, 4.69) is 48.6 Å². The first-order valence-corrected chi connectivity index (χ1v) is 5.38. The van der Waals surface area contributed by atoms with Crippen molar-refractivity contribution < 1.29 is 0 Å². The SMILES string of the molecule is CC(C)c1cccc(N(C)N)c1I. The van der Waals surface area contributed by atoms with Gasteiger partial charge in [-0.3, -0.25) is 0 Å². The Labute approximate surface area is 93.2 Å². The molecule has 0 aliphatic rings. The van der Waals surface area contributed by atoms with Crippen LogP contribution in [0.1, 0.15) is 25.3 Å². The van der Waals surface area contributed by atoms with Crippen molar-refractivity contribution in [1.29, 1.82) is 0 Å². The lowest BCUT2D eigenvalue weighted by molar-refractivity contribution is 0.856. The highest BCUT2D eigenvalue weighted by atomic mass is 127. The minimum atomic E-state index is 0.548. The normalized spacial score (nSPS) is 10.6. The first-order chi connectivity index (χ1) is 6.04. The van der Waals surface area contributed by atoms with Gasteiger partial charge in [-0.25, -0.2) is 5.84 Å². The average molecular weight is 290 g/mol. The highest BCUT2D eigenvalue weighted by molar-refractivity contribution is 14.1. The quantitative estimate of drug-likeness (QED) is 0.515. The third-order valence-corrected chi connectivity index (χ3v) is 3.19. The zero-order valence-corrected chi connectivity index (χ0v) is 10.4. The number of rotatable bonds is 2. The molecule has 0 aliphatic carbocycles. The van der Waals surface area contributed by atoms with Gasteiger partial charge in [0.1, 0.15) is 0 Å². The smallest absolute Gasteiger partial charge is 0.0650 e. The molecule has 72 valence electrons. The molecule has 0 aliphatic heterocycles. The van der Waals surface area contributed by atoms with Crippen molar-refractivity contribution in [2.75, 3.05) is 12.1 Å². The van der Waals surface area contributed by atoms with Crippen LogP contribution in [-0.4, -0.2) is 7.05 Å². The molecule has 0 radical (unpaired) electrons. The fourth-order valence-electron chi connectivity index (χ4n) is 1.26. The summed E-state index contributed by atoms with van der Waals surface area (Å²) in [6.07, 6.45) is 0. The van der Waals surface area contributed by atoms with Crippen LogP contribution in [0.2, 0.25) is 0 Å². The van der Waals surface area contributed by atoms with E-state index in [9.17, 15) is 0 Å². The maximum atomic E-state index is 5.71. The Morgan fingerprint density at radius 3 is 2.46 bits per heavy atom. The lowest BCUT2D eigenvalue weighted by atomic mass is 10.0. The molecular weight excluding hydrogens is 275 g/mol. The molecule has 0 bridgehead atoms. The van der Waals surface area contributed by atoms with Crippen molar-refractivity contribution in [3.05, 3.63) is 27.3 Å². The second-order valence-corrected chi connectivity index (χ2v) is 4.52.